The van der Waals surface area contributed by atoms with Crippen LogP contribution in [0.2, 0.25) is 0 Å². The summed E-state index contributed by atoms with van der Waals surface area (Å²) in [6, 6.07) is 54.5. The molecule has 51 heavy (non-hydrogen) atoms. The van der Waals surface area contributed by atoms with Gasteiger partial charge in [-0.1, -0.05) is 121 Å². The van der Waals surface area contributed by atoms with E-state index >= 15 is 0 Å². The molecule has 1 heterocycles. The van der Waals surface area contributed by atoms with Gasteiger partial charge in [-0.3, -0.25) is 0 Å². The van der Waals surface area contributed by atoms with E-state index in [4.69, 9.17) is 4.42 Å². The highest BCUT2D eigenvalue weighted by Crippen LogP contribution is 2.71. The van der Waals surface area contributed by atoms with Gasteiger partial charge in [-0.2, -0.15) is 0 Å². The number of hydrogen-bond donors (Lipinski definition) is 0. The van der Waals surface area contributed by atoms with Gasteiger partial charge in [0.1, 0.15) is 11.2 Å². The van der Waals surface area contributed by atoms with Crippen molar-refractivity contribution in [1.82, 2.24) is 0 Å². The van der Waals surface area contributed by atoms with Gasteiger partial charge in [-0.25, -0.2) is 0 Å². The van der Waals surface area contributed by atoms with Crippen molar-refractivity contribution in [2.75, 3.05) is 0 Å². The molecule has 1 heteroatoms. The molecule has 4 saturated carbocycles. The van der Waals surface area contributed by atoms with Crippen molar-refractivity contribution in [3.63, 3.8) is 0 Å². The summed E-state index contributed by atoms with van der Waals surface area (Å²) in [5.41, 5.74) is 15.8. The van der Waals surface area contributed by atoms with Gasteiger partial charge < -0.3 is 4.42 Å². The van der Waals surface area contributed by atoms with E-state index < -0.39 is 0 Å². The van der Waals surface area contributed by atoms with Crippen LogP contribution in [-0.4, -0.2) is 0 Å². The molecule has 7 aromatic carbocycles. The average Bonchev–Trinajstić information content (AvgIpc) is 3.69. The molecule has 1 nitrogen and oxygen atoms in total. The monoisotopic (exact) mass is 654 g/mol. The van der Waals surface area contributed by atoms with Crippen LogP contribution in [0, 0.1) is 23.7 Å². The molecule has 4 bridgehead atoms. The molecular weight excluding hydrogens is 617 g/mol. The fourth-order valence-corrected chi connectivity index (χ4v) is 12.0. The van der Waals surface area contributed by atoms with Crippen LogP contribution >= 0.6 is 0 Å². The highest BCUT2D eigenvalue weighted by atomic mass is 16.3. The number of hydrogen-bond acceptors (Lipinski definition) is 1. The molecule has 1 spiro atoms. The molecule has 0 amide bonds. The van der Waals surface area contributed by atoms with E-state index in [0.29, 0.717) is 11.8 Å². The summed E-state index contributed by atoms with van der Waals surface area (Å²) in [4.78, 5) is 0. The van der Waals surface area contributed by atoms with Gasteiger partial charge >= 0.3 is 0 Å². The number of benzene rings is 7. The van der Waals surface area contributed by atoms with Crippen molar-refractivity contribution >= 4 is 32.7 Å². The third kappa shape index (κ3) is 3.82. The quantitative estimate of drug-likeness (QED) is 0.185. The molecule has 13 rings (SSSR count). The smallest absolute Gasteiger partial charge is 0.136 e. The fourth-order valence-electron chi connectivity index (χ4n) is 12.0. The minimum absolute atomic E-state index is 0.0543. The van der Waals surface area contributed by atoms with Gasteiger partial charge in [0.25, 0.3) is 0 Å². The molecule has 5 aliphatic carbocycles. The van der Waals surface area contributed by atoms with Crippen molar-refractivity contribution in [3.05, 3.63) is 157 Å². The van der Waals surface area contributed by atoms with Crippen molar-refractivity contribution in [2.24, 2.45) is 23.7 Å². The van der Waals surface area contributed by atoms with Gasteiger partial charge in [-0.05, 0) is 146 Å². The lowest BCUT2D eigenvalue weighted by Gasteiger charge is -2.61. The third-order valence-electron chi connectivity index (χ3n) is 13.6. The van der Waals surface area contributed by atoms with Gasteiger partial charge in [0.05, 0.1) is 0 Å². The van der Waals surface area contributed by atoms with Crippen molar-refractivity contribution in [2.45, 2.75) is 37.5 Å². The van der Waals surface area contributed by atoms with Gasteiger partial charge in [-0.15, -0.1) is 0 Å². The van der Waals surface area contributed by atoms with Crippen LogP contribution in [0.5, 0.6) is 0 Å². The Bertz CT molecular complexity index is 2660. The SMILES string of the molecule is c1ccc(-c2cc3ccccc3cc2-c2ccc(-c3c4c(cc5oc6ccccc6c35)-c3ccccc3C43C4CC5CC(C4)CC3C5)cc2)cc1. The van der Waals surface area contributed by atoms with E-state index in [1.165, 1.54) is 98.2 Å². The van der Waals surface area contributed by atoms with Crippen LogP contribution in [0.3, 0.4) is 0 Å². The summed E-state index contributed by atoms with van der Waals surface area (Å²) >= 11 is 0. The lowest BCUT2D eigenvalue weighted by molar-refractivity contribution is -0.0396. The number of rotatable bonds is 3. The Labute approximate surface area is 298 Å². The molecule has 5 aliphatic rings. The minimum atomic E-state index is 0.0543. The number of furan rings is 1. The van der Waals surface area contributed by atoms with Crippen LogP contribution in [0.15, 0.2) is 150 Å². The second-order valence-electron chi connectivity index (χ2n) is 16.1. The Kier molecular flexibility index (Phi) is 5.73. The van der Waals surface area contributed by atoms with E-state index in [1.54, 1.807) is 11.1 Å². The molecule has 0 aliphatic heterocycles. The van der Waals surface area contributed by atoms with Crippen LogP contribution < -0.4 is 0 Å². The molecule has 1 aromatic heterocycles. The summed E-state index contributed by atoms with van der Waals surface area (Å²) in [5.74, 6) is 3.18. The molecule has 0 unspecified atom stereocenters. The average molecular weight is 655 g/mol. The Morgan fingerprint density at radius 3 is 1.76 bits per heavy atom. The second-order valence-corrected chi connectivity index (χ2v) is 16.1. The molecule has 0 N–H and O–H groups in total. The molecule has 0 atom stereocenters. The maximum Gasteiger partial charge on any atom is 0.136 e. The fraction of sp³-hybridized carbons (Fsp3) is 0.200. The van der Waals surface area contributed by atoms with E-state index in [-0.39, 0.29) is 5.41 Å². The van der Waals surface area contributed by atoms with Gasteiger partial charge in [0.2, 0.25) is 0 Å². The normalized spacial score (nSPS) is 24.2. The maximum absolute atomic E-state index is 6.75. The first kappa shape index (κ1) is 28.3. The van der Waals surface area contributed by atoms with Crippen molar-refractivity contribution < 1.29 is 4.42 Å². The van der Waals surface area contributed by atoms with Gasteiger partial charge in [0, 0.05) is 16.2 Å². The molecule has 8 aromatic rings. The zero-order valence-corrected chi connectivity index (χ0v) is 28.6. The maximum atomic E-state index is 6.75. The predicted octanol–water partition coefficient (Wildman–Crippen LogP) is 13.5. The standard InChI is InChI=1S/C50H38O/c1-2-10-32(11-3-1)41-27-35-12-4-5-13-36(35)28-42(41)33-18-20-34(21-19-33)47-48-40-15-7-9-17-45(40)51-46(48)29-43-39-14-6-8-16-44(39)50(49(43)47)37-23-30-22-31(25-37)26-38(50)24-30/h1-21,27-31,37-38H,22-26H2. The number of fused-ring (bicyclic) bond motifs is 7. The zero-order valence-electron chi connectivity index (χ0n) is 28.6. The first-order valence-electron chi connectivity index (χ1n) is 19.0. The van der Waals surface area contributed by atoms with Crippen LogP contribution in [0.1, 0.15) is 43.2 Å². The van der Waals surface area contributed by atoms with Crippen LogP contribution in [0.4, 0.5) is 0 Å². The Hall–Kier alpha value is -5.40. The Balaban J connectivity index is 1.13. The van der Waals surface area contributed by atoms with E-state index in [2.05, 4.69) is 146 Å². The molecule has 0 radical (unpaired) electrons. The predicted molar refractivity (Wildman–Crippen MR) is 211 cm³/mol. The third-order valence-corrected chi connectivity index (χ3v) is 13.6. The summed E-state index contributed by atoms with van der Waals surface area (Å²) in [5, 5.41) is 5.05. The highest BCUT2D eigenvalue weighted by Gasteiger charge is 2.62. The van der Waals surface area contributed by atoms with Crippen LogP contribution in [0.25, 0.3) is 77.2 Å². The summed E-state index contributed by atoms with van der Waals surface area (Å²) in [7, 11) is 0. The first-order chi connectivity index (χ1) is 25.2. The Morgan fingerprint density at radius 2 is 1.04 bits per heavy atom. The topological polar surface area (TPSA) is 13.1 Å². The highest BCUT2D eigenvalue weighted by molar-refractivity contribution is 6.16. The second kappa shape index (κ2) is 10.3. The van der Waals surface area contributed by atoms with E-state index in [1.807, 2.05) is 0 Å². The summed E-state index contributed by atoms with van der Waals surface area (Å²) in [6.07, 6.45) is 6.93. The van der Waals surface area contributed by atoms with Crippen LogP contribution in [-0.2, 0) is 5.41 Å². The first-order valence-corrected chi connectivity index (χ1v) is 19.0. The number of para-hydroxylation sites is 1. The lowest BCUT2D eigenvalue weighted by Crippen LogP contribution is -2.55. The molecule has 0 saturated heterocycles. The van der Waals surface area contributed by atoms with Crippen molar-refractivity contribution in [3.8, 4) is 44.5 Å². The lowest BCUT2D eigenvalue weighted by atomic mass is 9.42. The molecular formula is C50H38O. The molecule has 244 valence electrons. The summed E-state index contributed by atoms with van der Waals surface area (Å²) < 4.78 is 6.75. The van der Waals surface area contributed by atoms with Crippen molar-refractivity contribution in [1.29, 1.82) is 0 Å². The van der Waals surface area contributed by atoms with E-state index in [9.17, 15) is 0 Å². The molecule has 4 fully saturated rings. The van der Waals surface area contributed by atoms with Gasteiger partial charge in [0.15, 0.2) is 0 Å². The minimum Gasteiger partial charge on any atom is -0.456 e. The van der Waals surface area contributed by atoms with E-state index in [0.717, 1.165) is 23.0 Å². The Morgan fingerprint density at radius 1 is 0.451 bits per heavy atom. The summed E-state index contributed by atoms with van der Waals surface area (Å²) in [6.45, 7) is 0. The largest absolute Gasteiger partial charge is 0.456 e. The zero-order chi connectivity index (χ0) is 33.3.